The van der Waals surface area contributed by atoms with Gasteiger partial charge in [-0.3, -0.25) is 9.59 Å². The van der Waals surface area contributed by atoms with E-state index in [9.17, 15) is 22.8 Å². The van der Waals surface area contributed by atoms with Gasteiger partial charge in [0.05, 0.1) is 12.1 Å². The van der Waals surface area contributed by atoms with E-state index in [-0.39, 0.29) is 13.0 Å². The second kappa shape index (κ2) is 9.05. The van der Waals surface area contributed by atoms with Crippen molar-refractivity contribution in [3.8, 4) is 11.1 Å². The molecule has 3 aromatic carbocycles. The van der Waals surface area contributed by atoms with Crippen LogP contribution in [-0.2, 0) is 17.4 Å². The molecule has 0 saturated heterocycles. The van der Waals surface area contributed by atoms with Crippen molar-refractivity contribution >= 4 is 22.8 Å². The van der Waals surface area contributed by atoms with Crippen molar-refractivity contribution in [2.24, 2.45) is 5.73 Å². The summed E-state index contributed by atoms with van der Waals surface area (Å²) in [6.07, 6.45) is -4.21. The van der Waals surface area contributed by atoms with E-state index in [1.165, 1.54) is 6.07 Å². The Labute approximate surface area is 193 Å². The molecule has 0 atom stereocenters. The predicted octanol–water partition coefficient (Wildman–Crippen LogP) is 5.23. The Morgan fingerprint density at radius 2 is 1.74 bits per heavy atom. The van der Waals surface area contributed by atoms with E-state index >= 15 is 0 Å². The fraction of sp³-hybridized carbons (Fsp3) is 0.154. The molecule has 1 heterocycles. The Hall–Kier alpha value is -4.07. The van der Waals surface area contributed by atoms with Crippen molar-refractivity contribution in [1.82, 2.24) is 5.32 Å². The van der Waals surface area contributed by atoms with Gasteiger partial charge < -0.3 is 15.5 Å². The summed E-state index contributed by atoms with van der Waals surface area (Å²) in [7, 11) is 0. The van der Waals surface area contributed by atoms with Crippen molar-refractivity contribution in [3.63, 3.8) is 0 Å². The van der Waals surface area contributed by atoms with Gasteiger partial charge in [0.25, 0.3) is 5.91 Å². The molecule has 3 N–H and O–H groups in total. The summed E-state index contributed by atoms with van der Waals surface area (Å²) < 4.78 is 45.4. The smallest absolute Gasteiger partial charge is 0.416 e. The van der Waals surface area contributed by atoms with Gasteiger partial charge in [0.15, 0.2) is 0 Å². The molecule has 0 bridgehead atoms. The minimum Gasteiger partial charge on any atom is -0.460 e. The highest BCUT2D eigenvalue weighted by Gasteiger charge is 2.30. The molecule has 0 fully saturated rings. The van der Waals surface area contributed by atoms with Crippen LogP contribution < -0.4 is 11.1 Å². The minimum absolute atomic E-state index is 0.208. The van der Waals surface area contributed by atoms with Gasteiger partial charge in [-0.1, -0.05) is 48.5 Å². The molecule has 0 aliphatic heterocycles. The van der Waals surface area contributed by atoms with Crippen LogP contribution in [0.25, 0.3) is 22.1 Å². The van der Waals surface area contributed by atoms with E-state index in [2.05, 4.69) is 5.32 Å². The lowest BCUT2D eigenvalue weighted by molar-refractivity contribution is -0.137. The van der Waals surface area contributed by atoms with Crippen molar-refractivity contribution in [1.29, 1.82) is 0 Å². The molecule has 0 unspecified atom stereocenters. The Bertz CT molecular complexity index is 1390. The average Bonchev–Trinajstić information content (AvgIpc) is 3.12. The number of hydrogen-bond donors (Lipinski definition) is 2. The number of amides is 2. The van der Waals surface area contributed by atoms with E-state index in [4.69, 9.17) is 10.2 Å². The second-order valence-electron chi connectivity index (χ2n) is 7.94. The first-order valence-electron chi connectivity index (χ1n) is 10.5. The Balaban J connectivity index is 1.70. The van der Waals surface area contributed by atoms with E-state index < -0.39 is 23.6 Å². The van der Waals surface area contributed by atoms with Gasteiger partial charge in [-0.25, -0.2) is 0 Å². The third kappa shape index (κ3) is 4.80. The maximum absolute atomic E-state index is 13.1. The predicted molar refractivity (Wildman–Crippen MR) is 122 cm³/mol. The third-order valence-corrected chi connectivity index (χ3v) is 5.54. The van der Waals surface area contributed by atoms with Crippen LogP contribution in [0, 0.1) is 6.92 Å². The SMILES string of the molecule is Cc1c(Cc2cccc(C(F)(F)F)c2)oc2c(-c3cccc(C(=O)NCC(N)=O)c3)cccc12. The lowest BCUT2D eigenvalue weighted by atomic mass is 9.99. The molecule has 1 aromatic heterocycles. The van der Waals surface area contributed by atoms with Crippen LogP contribution in [0.1, 0.15) is 32.8 Å². The van der Waals surface area contributed by atoms with Crippen LogP contribution in [0.15, 0.2) is 71.1 Å². The summed E-state index contributed by atoms with van der Waals surface area (Å²) in [6.45, 7) is 1.60. The largest absolute Gasteiger partial charge is 0.460 e. The molecule has 0 radical (unpaired) electrons. The zero-order chi connectivity index (χ0) is 24.5. The summed E-state index contributed by atoms with van der Waals surface area (Å²) in [6, 6.07) is 17.6. The first-order valence-corrected chi connectivity index (χ1v) is 10.5. The maximum atomic E-state index is 13.1. The Kier molecular flexibility index (Phi) is 6.15. The summed E-state index contributed by atoms with van der Waals surface area (Å²) >= 11 is 0. The summed E-state index contributed by atoms with van der Waals surface area (Å²) in [5, 5.41) is 3.29. The number of nitrogens with two attached hydrogens (primary N) is 1. The highest BCUT2D eigenvalue weighted by molar-refractivity contribution is 5.99. The molecule has 2 amide bonds. The van der Waals surface area contributed by atoms with E-state index in [1.54, 1.807) is 24.3 Å². The number of nitrogens with one attached hydrogen (secondary N) is 1. The maximum Gasteiger partial charge on any atom is 0.416 e. The van der Waals surface area contributed by atoms with Crippen LogP contribution in [0.5, 0.6) is 0 Å². The van der Waals surface area contributed by atoms with E-state index in [0.29, 0.717) is 22.5 Å². The van der Waals surface area contributed by atoms with Crippen LogP contribution >= 0.6 is 0 Å². The highest BCUT2D eigenvalue weighted by Crippen LogP contribution is 2.36. The number of aryl methyl sites for hydroxylation is 1. The van der Waals surface area contributed by atoms with E-state index in [0.717, 1.165) is 34.2 Å². The zero-order valence-corrected chi connectivity index (χ0v) is 18.2. The normalized spacial score (nSPS) is 11.5. The monoisotopic (exact) mass is 466 g/mol. The van der Waals surface area contributed by atoms with Crippen molar-refractivity contribution < 1.29 is 27.2 Å². The number of primary amides is 1. The van der Waals surface area contributed by atoms with Crippen LogP contribution in [0.3, 0.4) is 0 Å². The van der Waals surface area contributed by atoms with Gasteiger partial charge in [0, 0.05) is 22.9 Å². The van der Waals surface area contributed by atoms with Crippen molar-refractivity contribution in [2.75, 3.05) is 6.54 Å². The number of benzene rings is 3. The summed E-state index contributed by atoms with van der Waals surface area (Å²) in [5.41, 5.74) is 8.09. The standard InChI is InChI=1S/C26H21F3N2O3/c1-15-20-9-4-10-21(17-6-3-7-18(13-17)25(33)31-14-23(30)32)24(20)34-22(15)12-16-5-2-8-19(11-16)26(27,28)29/h2-11,13H,12,14H2,1H3,(H2,30,32)(H,31,33). The molecule has 0 saturated carbocycles. The zero-order valence-electron chi connectivity index (χ0n) is 18.2. The van der Waals surface area contributed by atoms with Gasteiger partial charge in [0.2, 0.25) is 5.91 Å². The molecule has 4 rings (SSSR count). The number of hydrogen-bond acceptors (Lipinski definition) is 3. The molecular weight excluding hydrogens is 445 g/mol. The van der Waals surface area contributed by atoms with E-state index in [1.807, 2.05) is 31.2 Å². The first-order chi connectivity index (χ1) is 16.1. The quantitative estimate of drug-likeness (QED) is 0.408. The Morgan fingerprint density at radius 3 is 2.47 bits per heavy atom. The van der Waals surface area contributed by atoms with Gasteiger partial charge >= 0.3 is 6.18 Å². The summed E-state index contributed by atoms with van der Waals surface area (Å²) in [5.74, 6) is -0.514. The minimum atomic E-state index is -4.42. The number of alkyl halides is 3. The topological polar surface area (TPSA) is 85.3 Å². The van der Waals surface area contributed by atoms with Crippen molar-refractivity contribution in [2.45, 2.75) is 19.5 Å². The number of furan rings is 1. The van der Waals surface area contributed by atoms with Crippen LogP contribution in [-0.4, -0.2) is 18.4 Å². The third-order valence-electron chi connectivity index (χ3n) is 5.54. The molecule has 174 valence electrons. The van der Waals surface area contributed by atoms with Gasteiger partial charge in [-0.05, 0) is 41.8 Å². The average molecular weight is 466 g/mol. The first kappa shape index (κ1) is 23.1. The fourth-order valence-electron chi connectivity index (χ4n) is 3.83. The molecule has 0 spiro atoms. The van der Waals surface area contributed by atoms with Crippen LogP contribution in [0.2, 0.25) is 0 Å². The second-order valence-corrected chi connectivity index (χ2v) is 7.94. The van der Waals surface area contributed by atoms with Gasteiger partial charge in [-0.15, -0.1) is 0 Å². The number of carbonyl (C=O) groups is 2. The molecule has 0 aliphatic rings. The van der Waals surface area contributed by atoms with Gasteiger partial charge in [0.1, 0.15) is 11.3 Å². The molecule has 8 heteroatoms. The Morgan fingerprint density at radius 1 is 1.00 bits per heavy atom. The highest BCUT2D eigenvalue weighted by atomic mass is 19.4. The molecule has 5 nitrogen and oxygen atoms in total. The number of para-hydroxylation sites is 1. The fourth-order valence-corrected chi connectivity index (χ4v) is 3.83. The number of fused-ring (bicyclic) bond motifs is 1. The van der Waals surface area contributed by atoms with Crippen LogP contribution in [0.4, 0.5) is 13.2 Å². The van der Waals surface area contributed by atoms with Gasteiger partial charge in [-0.2, -0.15) is 13.2 Å². The number of carbonyl (C=O) groups excluding carboxylic acids is 2. The van der Waals surface area contributed by atoms with Crippen molar-refractivity contribution in [3.05, 3.63) is 94.7 Å². The number of rotatable bonds is 6. The molecule has 34 heavy (non-hydrogen) atoms. The summed E-state index contributed by atoms with van der Waals surface area (Å²) in [4.78, 5) is 23.3. The lowest BCUT2D eigenvalue weighted by Crippen LogP contribution is -2.33. The lowest BCUT2D eigenvalue weighted by Gasteiger charge is -2.08. The molecule has 0 aliphatic carbocycles. The molecule has 4 aromatic rings. The number of halogens is 3. The molecular formula is C26H21F3N2O3.